The zero-order chi connectivity index (χ0) is 33.5. The fourth-order valence-electron chi connectivity index (χ4n) is 6.04. The van der Waals surface area contributed by atoms with Crippen LogP contribution in [0, 0.1) is 6.07 Å². The zero-order valence-corrected chi connectivity index (χ0v) is 31.1. The molecule has 0 radical (unpaired) electrons. The predicted molar refractivity (Wildman–Crippen MR) is 201 cm³/mol. The molecule has 0 atom stereocenters. The van der Waals surface area contributed by atoms with Gasteiger partial charge in [-0.15, -0.1) is 47.3 Å². The smallest absolute Gasteiger partial charge is 0.656 e. The Kier molecular flexibility index (Phi) is 9.47. The molecule has 0 spiro atoms. The molecular formula is C44H40N4Pt. The number of benzene rings is 5. The van der Waals surface area contributed by atoms with Crippen molar-refractivity contribution in [1.29, 1.82) is 0 Å². The molecule has 0 fully saturated rings. The quantitative estimate of drug-likeness (QED) is 0.157. The van der Waals surface area contributed by atoms with Crippen LogP contribution in [0.15, 0.2) is 134 Å². The van der Waals surface area contributed by atoms with Crippen LogP contribution in [-0.4, -0.2) is 14.8 Å². The van der Waals surface area contributed by atoms with E-state index in [2.05, 4.69) is 151 Å². The fourth-order valence-corrected chi connectivity index (χ4v) is 6.04. The number of pyridine rings is 1. The molecule has 2 heterocycles. The van der Waals surface area contributed by atoms with Gasteiger partial charge in [-0.2, -0.15) is 5.10 Å². The number of rotatable bonds is 6. The standard InChI is InChI=1S/C44H40N4.Pt/c1-43(2,3)34-20-22-38(37(27-34)40-26-32(24-25-45-40)30-14-9-7-10-15-30)46-39-23-21-35(44(4,5)6)28-41(39)48-29-33-18-13-19-36(42(33)47-48)31-16-11-8-12-17-31;/h7-16,18-29H,1-6H3;/q-2;+2. The van der Waals surface area contributed by atoms with Crippen LogP contribution in [0.25, 0.3) is 55.4 Å². The molecule has 0 N–H and O–H groups in total. The van der Waals surface area contributed by atoms with Gasteiger partial charge in [-0.1, -0.05) is 126 Å². The van der Waals surface area contributed by atoms with Crippen LogP contribution in [0.2, 0.25) is 0 Å². The summed E-state index contributed by atoms with van der Waals surface area (Å²) in [5.41, 5.74) is 12.2. The molecule has 7 aromatic rings. The first-order valence-electron chi connectivity index (χ1n) is 16.5. The van der Waals surface area contributed by atoms with Gasteiger partial charge in [0.05, 0.1) is 16.9 Å². The zero-order valence-electron chi connectivity index (χ0n) is 28.8. The molecule has 49 heavy (non-hydrogen) atoms. The molecule has 0 aliphatic heterocycles. The summed E-state index contributed by atoms with van der Waals surface area (Å²) in [5.74, 6) is 0. The second kappa shape index (κ2) is 13.6. The molecule has 5 aromatic carbocycles. The van der Waals surface area contributed by atoms with Gasteiger partial charge in [0.1, 0.15) is 0 Å². The molecule has 7 rings (SSSR count). The fraction of sp³-hybridized carbons (Fsp3) is 0.182. The van der Waals surface area contributed by atoms with E-state index < -0.39 is 0 Å². The van der Waals surface area contributed by atoms with Crippen LogP contribution in [0.3, 0.4) is 0 Å². The Bertz CT molecular complexity index is 2220. The summed E-state index contributed by atoms with van der Waals surface area (Å²) in [7, 11) is 0. The van der Waals surface area contributed by atoms with Crippen molar-refractivity contribution in [3.05, 3.63) is 156 Å². The molecule has 5 heteroatoms. The molecular weight excluding hydrogens is 780 g/mol. The molecule has 0 bridgehead atoms. The third kappa shape index (κ3) is 7.16. The molecule has 0 unspecified atom stereocenters. The third-order valence-corrected chi connectivity index (χ3v) is 8.87. The maximum atomic E-state index is 5.39. The van der Waals surface area contributed by atoms with Crippen molar-refractivity contribution in [1.82, 2.24) is 14.8 Å². The van der Waals surface area contributed by atoms with E-state index in [-0.39, 0.29) is 31.9 Å². The Morgan fingerprint density at radius 3 is 2.06 bits per heavy atom. The van der Waals surface area contributed by atoms with Crippen LogP contribution in [-0.2, 0) is 31.9 Å². The third-order valence-electron chi connectivity index (χ3n) is 8.87. The van der Waals surface area contributed by atoms with Crippen LogP contribution in [0.4, 0.5) is 11.4 Å². The van der Waals surface area contributed by atoms with Crippen molar-refractivity contribution in [3.63, 3.8) is 0 Å². The van der Waals surface area contributed by atoms with E-state index in [9.17, 15) is 0 Å². The SMILES string of the molecule is CC(C)(C)c1ccc([N-]c2ccc(C(C)(C)C)cc2-n2cc3cccc(-c4[c-]cccc4)c3n2)c(-c2cc(-c3ccccc3)ccn2)c1.[Pt+2]. The van der Waals surface area contributed by atoms with Crippen molar-refractivity contribution in [2.75, 3.05) is 0 Å². The minimum Gasteiger partial charge on any atom is -0.656 e. The average molecular weight is 820 g/mol. The monoisotopic (exact) mass is 819 g/mol. The van der Waals surface area contributed by atoms with Crippen LogP contribution in [0.1, 0.15) is 52.7 Å². The molecule has 246 valence electrons. The van der Waals surface area contributed by atoms with Gasteiger partial charge in [0.25, 0.3) is 0 Å². The van der Waals surface area contributed by atoms with Gasteiger partial charge in [0, 0.05) is 17.8 Å². The van der Waals surface area contributed by atoms with Gasteiger partial charge in [-0.25, -0.2) is 4.68 Å². The van der Waals surface area contributed by atoms with Crippen molar-refractivity contribution >= 4 is 22.3 Å². The number of fused-ring (bicyclic) bond motifs is 1. The number of aromatic nitrogens is 3. The summed E-state index contributed by atoms with van der Waals surface area (Å²) >= 11 is 0. The first-order valence-corrected chi connectivity index (χ1v) is 16.5. The average Bonchev–Trinajstić information content (AvgIpc) is 3.53. The van der Waals surface area contributed by atoms with E-state index in [0.717, 1.165) is 61.5 Å². The molecule has 0 aliphatic rings. The summed E-state index contributed by atoms with van der Waals surface area (Å²) < 4.78 is 1.99. The number of hydrogen-bond acceptors (Lipinski definition) is 2. The topological polar surface area (TPSA) is 44.8 Å². The van der Waals surface area contributed by atoms with Crippen LogP contribution in [0.5, 0.6) is 0 Å². The summed E-state index contributed by atoms with van der Waals surface area (Å²) in [4.78, 5) is 4.87. The minimum atomic E-state index is -0.0503. The molecule has 0 aliphatic carbocycles. The summed E-state index contributed by atoms with van der Waals surface area (Å²) in [6.07, 6.45) is 4.00. The molecule has 0 saturated carbocycles. The van der Waals surface area contributed by atoms with E-state index in [1.165, 1.54) is 11.1 Å². The Labute approximate surface area is 304 Å². The van der Waals surface area contributed by atoms with Gasteiger partial charge >= 0.3 is 21.1 Å². The van der Waals surface area contributed by atoms with Crippen molar-refractivity contribution in [3.8, 4) is 39.2 Å². The summed E-state index contributed by atoms with van der Waals surface area (Å²) in [6, 6.07) is 45.6. The predicted octanol–water partition coefficient (Wildman–Crippen LogP) is 12.2. The van der Waals surface area contributed by atoms with Gasteiger partial charge < -0.3 is 5.32 Å². The second-order valence-electron chi connectivity index (χ2n) is 14.4. The molecule has 4 nitrogen and oxygen atoms in total. The van der Waals surface area contributed by atoms with E-state index >= 15 is 0 Å². The Morgan fingerprint density at radius 1 is 0.633 bits per heavy atom. The van der Waals surface area contributed by atoms with Crippen molar-refractivity contribution in [2.24, 2.45) is 0 Å². The molecule has 0 saturated heterocycles. The summed E-state index contributed by atoms with van der Waals surface area (Å²) in [5, 5.41) is 11.6. The maximum Gasteiger partial charge on any atom is 2.00 e. The molecule has 2 aromatic heterocycles. The largest absolute Gasteiger partial charge is 2.00 e. The van der Waals surface area contributed by atoms with Crippen LogP contribution < -0.4 is 0 Å². The number of hydrogen-bond donors (Lipinski definition) is 0. The van der Waals surface area contributed by atoms with E-state index in [0.29, 0.717) is 0 Å². The first-order chi connectivity index (χ1) is 23.0. The van der Waals surface area contributed by atoms with Gasteiger partial charge in [-0.3, -0.25) is 4.98 Å². The normalized spacial score (nSPS) is 11.7. The Balaban J connectivity index is 0.00000417. The van der Waals surface area contributed by atoms with Gasteiger partial charge in [-0.05, 0) is 56.8 Å². The minimum absolute atomic E-state index is 0. The van der Waals surface area contributed by atoms with Gasteiger partial charge in [0.15, 0.2) is 0 Å². The number of nitrogens with zero attached hydrogens (tertiary/aromatic N) is 4. The van der Waals surface area contributed by atoms with E-state index in [4.69, 9.17) is 15.4 Å². The van der Waals surface area contributed by atoms with Crippen molar-refractivity contribution < 1.29 is 21.1 Å². The van der Waals surface area contributed by atoms with Gasteiger partial charge in [0.2, 0.25) is 0 Å². The summed E-state index contributed by atoms with van der Waals surface area (Å²) in [6.45, 7) is 13.4. The van der Waals surface area contributed by atoms with E-state index in [1.54, 1.807) is 0 Å². The molecule has 0 amide bonds. The Morgan fingerprint density at radius 2 is 1.35 bits per heavy atom. The van der Waals surface area contributed by atoms with Crippen molar-refractivity contribution in [2.45, 2.75) is 52.4 Å². The maximum absolute atomic E-state index is 5.39. The second-order valence-corrected chi connectivity index (χ2v) is 14.4. The Hall–Kier alpha value is -4.79. The first kappa shape index (κ1) is 34.1. The van der Waals surface area contributed by atoms with E-state index in [1.807, 2.05) is 35.1 Å². The van der Waals surface area contributed by atoms with Crippen LogP contribution >= 0.6 is 0 Å².